The molecule has 2 atom stereocenters. The fraction of sp³-hybridized carbons (Fsp3) is 0.952. The van der Waals surface area contributed by atoms with Crippen LogP contribution in [0.3, 0.4) is 0 Å². The van der Waals surface area contributed by atoms with Crippen molar-refractivity contribution in [1.29, 1.82) is 0 Å². The molecule has 1 amide bonds. The van der Waals surface area contributed by atoms with Gasteiger partial charge in [0.2, 0.25) is 5.91 Å². The normalized spacial score (nSPS) is 26.6. The van der Waals surface area contributed by atoms with Gasteiger partial charge in [-0.3, -0.25) is 14.6 Å². The third-order valence-electron chi connectivity index (χ3n) is 5.38. The van der Waals surface area contributed by atoms with Crippen LogP contribution in [-0.4, -0.2) is 59.0 Å². The number of rotatable bonds is 1. The molecule has 0 aromatic rings. The molecule has 4 nitrogen and oxygen atoms in total. The molecule has 2 rings (SSSR count). The van der Waals surface area contributed by atoms with Crippen molar-refractivity contribution in [2.24, 2.45) is 5.92 Å². The minimum Gasteiger partial charge on any atom is -0.352 e. The summed E-state index contributed by atoms with van der Waals surface area (Å²) >= 11 is 0. The summed E-state index contributed by atoms with van der Waals surface area (Å²) in [6, 6.07) is 0.348. The molecule has 0 saturated carbocycles. The molecular weight excluding hydrogens is 310 g/mol. The van der Waals surface area contributed by atoms with Crippen molar-refractivity contribution in [3.05, 3.63) is 0 Å². The van der Waals surface area contributed by atoms with Crippen molar-refractivity contribution >= 4 is 5.91 Å². The van der Waals surface area contributed by atoms with Gasteiger partial charge >= 0.3 is 0 Å². The first kappa shape index (κ1) is 22.4. The summed E-state index contributed by atoms with van der Waals surface area (Å²) in [5.41, 5.74) is 0.603. The average molecular weight is 354 g/mol. The van der Waals surface area contributed by atoms with Crippen molar-refractivity contribution in [2.75, 3.05) is 26.2 Å². The monoisotopic (exact) mass is 353 g/mol. The van der Waals surface area contributed by atoms with Crippen molar-refractivity contribution in [2.45, 2.75) is 98.2 Å². The summed E-state index contributed by atoms with van der Waals surface area (Å²) in [4.78, 5) is 16.0. The van der Waals surface area contributed by atoms with E-state index in [0.717, 1.165) is 25.4 Å². The first-order chi connectivity index (χ1) is 11.4. The van der Waals surface area contributed by atoms with Gasteiger partial charge in [-0.2, -0.15) is 0 Å². The molecule has 2 aliphatic rings. The molecule has 25 heavy (non-hydrogen) atoms. The summed E-state index contributed by atoms with van der Waals surface area (Å²) in [5.74, 6) is 0.994. The Morgan fingerprint density at radius 3 is 1.76 bits per heavy atom. The maximum absolute atomic E-state index is 10.9. The molecule has 2 saturated heterocycles. The molecule has 0 radical (unpaired) electrons. The lowest BCUT2D eigenvalue weighted by atomic mass is 9.95. The standard InChI is InChI=1S/C11H22N2O.C10H21N/c1-9(14)12-10-6-5-7-13(8-10)11(2,3)4;1-9-6-5-7-11(8-9)10(2,3)4/h10H,5-8H2,1-4H3,(H,12,14);9H,5-8H2,1-4H3. The number of amides is 1. The Balaban J connectivity index is 0.000000257. The van der Waals surface area contributed by atoms with Crippen LogP contribution in [0.1, 0.15) is 81.1 Å². The highest BCUT2D eigenvalue weighted by atomic mass is 16.1. The van der Waals surface area contributed by atoms with Crippen LogP contribution in [0.15, 0.2) is 0 Å². The van der Waals surface area contributed by atoms with Crippen molar-refractivity contribution in [3.63, 3.8) is 0 Å². The lowest BCUT2D eigenvalue weighted by Gasteiger charge is -2.41. The summed E-state index contributed by atoms with van der Waals surface area (Å²) in [5, 5.41) is 3.00. The van der Waals surface area contributed by atoms with Crippen LogP contribution < -0.4 is 5.32 Å². The van der Waals surface area contributed by atoms with Gasteiger partial charge < -0.3 is 5.32 Å². The van der Waals surface area contributed by atoms with E-state index < -0.39 is 0 Å². The van der Waals surface area contributed by atoms with Gasteiger partial charge in [-0.1, -0.05) is 6.92 Å². The predicted molar refractivity (Wildman–Crippen MR) is 108 cm³/mol. The second-order valence-corrected chi connectivity index (χ2v) is 10.0. The van der Waals surface area contributed by atoms with E-state index in [1.54, 1.807) is 6.92 Å². The highest BCUT2D eigenvalue weighted by molar-refractivity contribution is 5.73. The summed E-state index contributed by atoms with van der Waals surface area (Å²) in [6.45, 7) is 22.3. The van der Waals surface area contributed by atoms with E-state index >= 15 is 0 Å². The number of piperidine rings is 2. The molecule has 0 aromatic carbocycles. The van der Waals surface area contributed by atoms with Gasteiger partial charge in [0.25, 0.3) is 0 Å². The Hall–Kier alpha value is -0.610. The van der Waals surface area contributed by atoms with E-state index in [1.165, 1.54) is 32.4 Å². The van der Waals surface area contributed by atoms with Crippen LogP contribution >= 0.6 is 0 Å². The first-order valence-electron chi connectivity index (χ1n) is 10.2. The lowest BCUT2D eigenvalue weighted by Crippen LogP contribution is -2.53. The smallest absolute Gasteiger partial charge is 0.217 e. The Bertz CT molecular complexity index is 408. The topological polar surface area (TPSA) is 35.6 Å². The number of carbonyl (C=O) groups is 1. The zero-order chi connectivity index (χ0) is 19.3. The fourth-order valence-electron chi connectivity index (χ4n) is 3.79. The molecule has 2 fully saturated rings. The van der Waals surface area contributed by atoms with Crippen molar-refractivity contribution in [3.8, 4) is 0 Å². The Morgan fingerprint density at radius 2 is 1.36 bits per heavy atom. The highest BCUT2D eigenvalue weighted by Crippen LogP contribution is 2.23. The molecule has 2 aliphatic heterocycles. The van der Waals surface area contributed by atoms with Crippen LogP contribution in [0, 0.1) is 5.92 Å². The van der Waals surface area contributed by atoms with E-state index in [0.29, 0.717) is 11.6 Å². The maximum Gasteiger partial charge on any atom is 0.217 e. The van der Waals surface area contributed by atoms with E-state index in [1.807, 2.05) is 0 Å². The van der Waals surface area contributed by atoms with E-state index in [4.69, 9.17) is 0 Å². The van der Waals surface area contributed by atoms with Crippen molar-refractivity contribution < 1.29 is 4.79 Å². The second kappa shape index (κ2) is 9.36. The van der Waals surface area contributed by atoms with Gasteiger partial charge in [0.05, 0.1) is 0 Å². The first-order valence-corrected chi connectivity index (χ1v) is 10.2. The molecule has 0 bridgehead atoms. The summed E-state index contributed by atoms with van der Waals surface area (Å²) in [7, 11) is 0. The largest absolute Gasteiger partial charge is 0.352 e. The minimum absolute atomic E-state index is 0.0887. The molecular formula is C21H43N3O. The number of nitrogens with zero attached hydrogens (tertiary/aromatic N) is 2. The van der Waals surface area contributed by atoms with Crippen molar-refractivity contribution in [1.82, 2.24) is 15.1 Å². The van der Waals surface area contributed by atoms with Crippen LogP contribution in [0.4, 0.5) is 0 Å². The Morgan fingerprint density at radius 1 is 0.880 bits per heavy atom. The lowest BCUT2D eigenvalue weighted by molar-refractivity contribution is -0.120. The van der Waals surface area contributed by atoms with Crippen LogP contribution in [0.2, 0.25) is 0 Å². The zero-order valence-electron chi connectivity index (χ0n) is 18.1. The number of likely N-dealkylation sites (tertiary alicyclic amines) is 2. The fourth-order valence-corrected chi connectivity index (χ4v) is 3.79. The minimum atomic E-state index is 0.0887. The Kier molecular flexibility index (Phi) is 8.40. The quantitative estimate of drug-likeness (QED) is 0.776. The molecule has 2 heterocycles. The SMILES string of the molecule is CC(=O)NC1CCCN(C(C)(C)C)C1.CC1CCCN(C(C)(C)C)C1. The van der Waals surface area contributed by atoms with Gasteiger partial charge in [-0.25, -0.2) is 0 Å². The molecule has 148 valence electrons. The molecule has 0 spiro atoms. The Labute approximate surface area is 156 Å². The number of hydrogen-bond acceptors (Lipinski definition) is 3. The predicted octanol–water partition coefficient (Wildman–Crippen LogP) is 3.90. The van der Waals surface area contributed by atoms with E-state index in [-0.39, 0.29) is 11.4 Å². The van der Waals surface area contributed by atoms with Gasteiger partial charge in [0.15, 0.2) is 0 Å². The van der Waals surface area contributed by atoms with Gasteiger partial charge in [0.1, 0.15) is 0 Å². The number of hydrogen-bond donors (Lipinski definition) is 1. The van der Waals surface area contributed by atoms with E-state index in [9.17, 15) is 4.79 Å². The molecule has 2 unspecified atom stereocenters. The van der Waals surface area contributed by atoms with Crippen LogP contribution in [0.25, 0.3) is 0 Å². The summed E-state index contributed by atoms with van der Waals surface area (Å²) in [6.07, 6.45) is 5.11. The number of nitrogens with one attached hydrogen (secondary N) is 1. The maximum atomic E-state index is 10.9. The van der Waals surface area contributed by atoms with Crippen LogP contribution in [-0.2, 0) is 4.79 Å². The average Bonchev–Trinajstić information content (AvgIpc) is 2.46. The third-order valence-corrected chi connectivity index (χ3v) is 5.38. The zero-order valence-corrected chi connectivity index (χ0v) is 18.1. The number of carbonyl (C=O) groups excluding carboxylic acids is 1. The molecule has 0 aliphatic carbocycles. The molecule has 4 heteroatoms. The summed E-state index contributed by atoms with van der Waals surface area (Å²) < 4.78 is 0. The highest BCUT2D eigenvalue weighted by Gasteiger charge is 2.28. The van der Waals surface area contributed by atoms with E-state index in [2.05, 4.69) is 63.6 Å². The van der Waals surface area contributed by atoms with Crippen LogP contribution in [0.5, 0.6) is 0 Å². The van der Waals surface area contributed by atoms with Gasteiger partial charge in [-0.05, 0) is 86.2 Å². The van der Waals surface area contributed by atoms with Gasteiger partial charge in [-0.15, -0.1) is 0 Å². The molecule has 1 N–H and O–H groups in total. The third kappa shape index (κ3) is 8.54. The second-order valence-electron chi connectivity index (χ2n) is 10.0. The molecule has 0 aromatic heterocycles. The van der Waals surface area contributed by atoms with Gasteiger partial charge in [0, 0.05) is 37.1 Å².